The van der Waals surface area contributed by atoms with Crippen LogP contribution in [0.25, 0.3) is 0 Å². The van der Waals surface area contributed by atoms with Crippen molar-refractivity contribution in [3.63, 3.8) is 0 Å². The van der Waals surface area contributed by atoms with Crippen LogP contribution in [0.15, 0.2) is 48.5 Å². The molecule has 2 aromatic carbocycles. The molecule has 0 heterocycles. The summed E-state index contributed by atoms with van der Waals surface area (Å²) in [7, 11) is 0. The molecule has 0 aliphatic carbocycles. The maximum atomic E-state index is 12.9. The minimum atomic E-state index is -1.00. The molecule has 0 saturated carbocycles. The highest BCUT2D eigenvalue weighted by Gasteiger charge is 2.05. The Morgan fingerprint density at radius 2 is 1.86 bits per heavy atom. The number of carboxylic acids is 1. The molecule has 114 valence electrons. The minimum absolute atomic E-state index is 0.185. The smallest absolute Gasteiger partial charge is 0.335 e. The quantitative estimate of drug-likeness (QED) is 0.858. The van der Waals surface area contributed by atoms with Gasteiger partial charge >= 0.3 is 5.97 Å². The maximum absolute atomic E-state index is 12.9. The second kappa shape index (κ2) is 7.21. The molecule has 22 heavy (non-hydrogen) atoms. The molecule has 0 radical (unpaired) electrons. The van der Waals surface area contributed by atoms with Gasteiger partial charge in [0.25, 0.3) is 5.91 Å². The van der Waals surface area contributed by atoms with Gasteiger partial charge in [0.05, 0.1) is 5.56 Å². The number of benzene rings is 2. The number of hydrogen-bond donors (Lipinski definition) is 2. The highest BCUT2D eigenvalue weighted by atomic mass is 19.1. The molecule has 0 aliphatic rings. The van der Waals surface area contributed by atoms with Crippen molar-refractivity contribution in [1.29, 1.82) is 0 Å². The predicted octanol–water partition coefficient (Wildman–Crippen LogP) is 2.22. The SMILES string of the molecule is O=C(COc1cccc(F)c1)NCc1ccc(C(=O)O)cc1. The molecule has 0 unspecified atom stereocenters. The molecule has 0 fully saturated rings. The average Bonchev–Trinajstić information content (AvgIpc) is 2.51. The van der Waals surface area contributed by atoms with Gasteiger partial charge in [-0.2, -0.15) is 0 Å². The van der Waals surface area contributed by atoms with Crippen LogP contribution in [0, 0.1) is 5.82 Å². The lowest BCUT2D eigenvalue weighted by molar-refractivity contribution is -0.123. The van der Waals surface area contributed by atoms with Crippen LogP contribution in [0.3, 0.4) is 0 Å². The summed E-state index contributed by atoms with van der Waals surface area (Å²) < 4.78 is 18.1. The number of amides is 1. The summed E-state index contributed by atoms with van der Waals surface area (Å²) >= 11 is 0. The Balaban J connectivity index is 1.79. The van der Waals surface area contributed by atoms with Gasteiger partial charge in [0.1, 0.15) is 11.6 Å². The van der Waals surface area contributed by atoms with Gasteiger partial charge < -0.3 is 15.2 Å². The van der Waals surface area contributed by atoms with Crippen LogP contribution >= 0.6 is 0 Å². The van der Waals surface area contributed by atoms with Crippen molar-refractivity contribution >= 4 is 11.9 Å². The van der Waals surface area contributed by atoms with Crippen LogP contribution in [0.4, 0.5) is 4.39 Å². The van der Waals surface area contributed by atoms with Crippen molar-refractivity contribution in [3.8, 4) is 5.75 Å². The minimum Gasteiger partial charge on any atom is -0.484 e. The highest BCUT2D eigenvalue weighted by molar-refractivity contribution is 5.87. The number of hydrogen-bond acceptors (Lipinski definition) is 3. The summed E-state index contributed by atoms with van der Waals surface area (Å²) in [6, 6.07) is 11.7. The highest BCUT2D eigenvalue weighted by Crippen LogP contribution is 2.11. The maximum Gasteiger partial charge on any atom is 0.335 e. The summed E-state index contributed by atoms with van der Waals surface area (Å²) in [6.07, 6.45) is 0. The first-order chi connectivity index (χ1) is 10.5. The van der Waals surface area contributed by atoms with Crippen LogP contribution < -0.4 is 10.1 Å². The number of carbonyl (C=O) groups is 2. The van der Waals surface area contributed by atoms with E-state index in [4.69, 9.17) is 9.84 Å². The summed E-state index contributed by atoms with van der Waals surface area (Å²) in [5.41, 5.74) is 0.952. The molecule has 5 nitrogen and oxygen atoms in total. The first-order valence-corrected chi connectivity index (χ1v) is 6.52. The average molecular weight is 303 g/mol. The van der Waals surface area contributed by atoms with E-state index >= 15 is 0 Å². The van der Waals surface area contributed by atoms with E-state index in [1.54, 1.807) is 18.2 Å². The Bertz CT molecular complexity index is 670. The number of carbonyl (C=O) groups excluding carboxylic acids is 1. The Kier molecular flexibility index (Phi) is 5.08. The summed E-state index contributed by atoms with van der Waals surface area (Å²) in [5.74, 6) is -1.51. The van der Waals surface area contributed by atoms with E-state index in [1.165, 1.54) is 30.3 Å². The first-order valence-electron chi connectivity index (χ1n) is 6.52. The zero-order chi connectivity index (χ0) is 15.9. The number of carboxylic acid groups (broad SMARTS) is 1. The lowest BCUT2D eigenvalue weighted by atomic mass is 10.1. The van der Waals surface area contributed by atoms with E-state index in [0.29, 0.717) is 0 Å². The number of nitrogens with one attached hydrogen (secondary N) is 1. The van der Waals surface area contributed by atoms with Crippen molar-refractivity contribution in [2.75, 3.05) is 6.61 Å². The zero-order valence-electron chi connectivity index (χ0n) is 11.6. The van der Waals surface area contributed by atoms with Gasteiger partial charge in [-0.3, -0.25) is 4.79 Å². The van der Waals surface area contributed by atoms with Crippen LogP contribution in [0.2, 0.25) is 0 Å². The van der Waals surface area contributed by atoms with Gasteiger partial charge in [-0.1, -0.05) is 18.2 Å². The van der Waals surface area contributed by atoms with Crippen LogP contribution in [-0.4, -0.2) is 23.6 Å². The molecule has 1 amide bonds. The standard InChI is InChI=1S/C16H14FNO4/c17-13-2-1-3-14(8-13)22-10-15(19)18-9-11-4-6-12(7-5-11)16(20)21/h1-8H,9-10H2,(H,18,19)(H,20,21). The second-order valence-corrected chi connectivity index (χ2v) is 4.52. The van der Waals surface area contributed by atoms with Crippen molar-refractivity contribution in [3.05, 3.63) is 65.5 Å². The van der Waals surface area contributed by atoms with Gasteiger partial charge in [0.2, 0.25) is 0 Å². The van der Waals surface area contributed by atoms with E-state index in [0.717, 1.165) is 5.56 Å². The second-order valence-electron chi connectivity index (χ2n) is 4.52. The third-order valence-electron chi connectivity index (χ3n) is 2.86. The third-order valence-corrected chi connectivity index (χ3v) is 2.86. The molecule has 0 saturated heterocycles. The van der Waals surface area contributed by atoms with Crippen LogP contribution in [-0.2, 0) is 11.3 Å². The van der Waals surface area contributed by atoms with Crippen molar-refractivity contribution in [1.82, 2.24) is 5.32 Å². The summed E-state index contributed by atoms with van der Waals surface area (Å²) in [5, 5.41) is 11.4. The van der Waals surface area contributed by atoms with E-state index < -0.39 is 11.8 Å². The van der Waals surface area contributed by atoms with Crippen LogP contribution in [0.5, 0.6) is 5.75 Å². The van der Waals surface area contributed by atoms with Gasteiger partial charge in [0, 0.05) is 12.6 Å². The molecule has 2 aromatic rings. The van der Waals surface area contributed by atoms with E-state index in [1.807, 2.05) is 0 Å². The number of halogens is 1. The Morgan fingerprint density at radius 3 is 2.50 bits per heavy atom. The fraction of sp³-hybridized carbons (Fsp3) is 0.125. The number of aromatic carboxylic acids is 1. The predicted molar refractivity (Wildman–Crippen MR) is 77.1 cm³/mol. The van der Waals surface area contributed by atoms with Gasteiger partial charge in [0.15, 0.2) is 6.61 Å². The van der Waals surface area contributed by atoms with Crippen LogP contribution in [0.1, 0.15) is 15.9 Å². The lowest BCUT2D eigenvalue weighted by Crippen LogP contribution is -2.28. The van der Waals surface area contributed by atoms with Crippen molar-refractivity contribution < 1.29 is 23.8 Å². The molecule has 0 aliphatic heterocycles. The molecule has 0 bridgehead atoms. The Hall–Kier alpha value is -2.89. The molecule has 2 rings (SSSR count). The van der Waals surface area contributed by atoms with Gasteiger partial charge in [-0.05, 0) is 29.8 Å². The van der Waals surface area contributed by atoms with E-state index in [9.17, 15) is 14.0 Å². The zero-order valence-corrected chi connectivity index (χ0v) is 11.6. The van der Waals surface area contributed by atoms with Gasteiger partial charge in [-0.25, -0.2) is 9.18 Å². The molecular weight excluding hydrogens is 289 g/mol. The summed E-state index contributed by atoms with van der Waals surface area (Å²) in [4.78, 5) is 22.3. The molecule has 0 atom stereocenters. The lowest BCUT2D eigenvalue weighted by Gasteiger charge is -2.08. The number of rotatable bonds is 6. The molecule has 6 heteroatoms. The fourth-order valence-corrected chi connectivity index (χ4v) is 1.72. The number of ether oxygens (including phenoxy) is 1. The fourth-order valence-electron chi connectivity index (χ4n) is 1.72. The molecular formula is C16H14FNO4. The van der Waals surface area contributed by atoms with Gasteiger partial charge in [-0.15, -0.1) is 0 Å². The summed E-state index contributed by atoms with van der Waals surface area (Å²) in [6.45, 7) is 0.0297. The monoisotopic (exact) mass is 303 g/mol. The topological polar surface area (TPSA) is 75.6 Å². The molecule has 0 aromatic heterocycles. The van der Waals surface area contributed by atoms with Crippen molar-refractivity contribution in [2.24, 2.45) is 0 Å². The van der Waals surface area contributed by atoms with E-state index in [2.05, 4.69) is 5.32 Å². The first kappa shape index (κ1) is 15.5. The molecule has 0 spiro atoms. The van der Waals surface area contributed by atoms with Crippen molar-refractivity contribution in [2.45, 2.75) is 6.54 Å². The van der Waals surface area contributed by atoms with E-state index in [-0.39, 0.29) is 30.4 Å². The largest absolute Gasteiger partial charge is 0.484 e. The molecule has 2 N–H and O–H groups in total. The normalized spacial score (nSPS) is 10.0. The Labute approximate surface area is 126 Å². The Morgan fingerprint density at radius 1 is 1.14 bits per heavy atom. The third kappa shape index (κ3) is 4.59.